The van der Waals surface area contributed by atoms with E-state index in [1.54, 1.807) is 11.0 Å². The molecule has 0 saturated carbocycles. The van der Waals surface area contributed by atoms with E-state index in [1.807, 2.05) is 23.9 Å². The third-order valence-electron chi connectivity index (χ3n) is 4.47. The number of nitrogens with one attached hydrogen (secondary N) is 1. The lowest BCUT2D eigenvalue weighted by Gasteiger charge is -2.25. The maximum Gasteiger partial charge on any atom is 0.245 e. The summed E-state index contributed by atoms with van der Waals surface area (Å²) >= 11 is 0. The van der Waals surface area contributed by atoms with Crippen molar-refractivity contribution in [3.05, 3.63) is 29.7 Å². The molecule has 0 unspecified atom stereocenters. The van der Waals surface area contributed by atoms with Crippen LogP contribution in [0.5, 0.6) is 0 Å². The zero-order valence-electron chi connectivity index (χ0n) is 15.6. The molecular formula is C18H25N7O2. The number of anilines is 1. The second-order valence-corrected chi connectivity index (χ2v) is 6.81. The first-order valence-electron chi connectivity index (χ1n) is 9.37. The van der Waals surface area contributed by atoms with Crippen molar-refractivity contribution in [1.29, 1.82) is 0 Å². The van der Waals surface area contributed by atoms with E-state index in [0.717, 1.165) is 50.0 Å². The van der Waals surface area contributed by atoms with E-state index in [4.69, 9.17) is 0 Å². The molecule has 3 heterocycles. The Morgan fingerprint density at radius 3 is 2.78 bits per heavy atom. The molecular weight excluding hydrogens is 346 g/mol. The van der Waals surface area contributed by atoms with Crippen LogP contribution in [0, 0.1) is 6.92 Å². The number of carbonyl (C=O) groups excluding carboxylic acids is 2. The summed E-state index contributed by atoms with van der Waals surface area (Å²) < 4.78 is 1.84. The molecule has 144 valence electrons. The van der Waals surface area contributed by atoms with Gasteiger partial charge in [0.1, 0.15) is 0 Å². The van der Waals surface area contributed by atoms with Gasteiger partial charge < -0.3 is 10.2 Å². The Morgan fingerprint density at radius 1 is 1.19 bits per heavy atom. The van der Waals surface area contributed by atoms with E-state index in [2.05, 4.69) is 25.8 Å². The number of likely N-dealkylation sites (tertiary alicyclic amines) is 1. The molecule has 1 aliphatic rings. The summed E-state index contributed by atoms with van der Waals surface area (Å²) in [5.41, 5.74) is 1.80. The van der Waals surface area contributed by atoms with Crippen molar-refractivity contribution in [2.24, 2.45) is 0 Å². The largest absolute Gasteiger partial charge is 0.333 e. The van der Waals surface area contributed by atoms with Crippen LogP contribution in [0.2, 0.25) is 0 Å². The van der Waals surface area contributed by atoms with Crippen LogP contribution in [0.4, 0.5) is 5.82 Å². The molecule has 9 heteroatoms. The quantitative estimate of drug-likeness (QED) is 0.702. The first-order valence-corrected chi connectivity index (χ1v) is 9.37. The number of amides is 2. The number of unbranched alkanes of at least 4 members (excludes halogenated alkanes) is 1. The Bertz CT molecular complexity index is 772. The second-order valence-electron chi connectivity index (χ2n) is 6.81. The number of aryl methyl sites for hydroxylation is 3. The van der Waals surface area contributed by atoms with Gasteiger partial charge in [-0.05, 0) is 51.2 Å². The summed E-state index contributed by atoms with van der Waals surface area (Å²) in [5, 5.41) is 18.9. The monoisotopic (exact) mass is 371 g/mol. The van der Waals surface area contributed by atoms with E-state index in [1.165, 1.54) is 0 Å². The predicted octanol–water partition coefficient (Wildman–Crippen LogP) is 1.35. The molecule has 2 aromatic heterocycles. The summed E-state index contributed by atoms with van der Waals surface area (Å²) in [4.78, 5) is 25.4. The summed E-state index contributed by atoms with van der Waals surface area (Å²) in [7, 11) is 0. The lowest BCUT2D eigenvalue weighted by Crippen LogP contribution is -2.40. The van der Waals surface area contributed by atoms with E-state index in [0.29, 0.717) is 18.8 Å². The molecule has 1 aliphatic heterocycles. The van der Waals surface area contributed by atoms with Crippen molar-refractivity contribution in [2.75, 3.05) is 18.4 Å². The van der Waals surface area contributed by atoms with Crippen LogP contribution >= 0.6 is 0 Å². The van der Waals surface area contributed by atoms with Gasteiger partial charge in [0.25, 0.3) is 0 Å². The van der Waals surface area contributed by atoms with Crippen molar-refractivity contribution in [3.8, 4) is 0 Å². The molecule has 0 bridgehead atoms. The van der Waals surface area contributed by atoms with E-state index >= 15 is 0 Å². The minimum atomic E-state index is -0.240. The number of nitrogens with zero attached hydrogens (tertiary/aromatic N) is 6. The Labute approximate surface area is 158 Å². The molecule has 3 rings (SSSR count). The topological polar surface area (TPSA) is 106 Å². The normalized spacial score (nSPS) is 14.4. The van der Waals surface area contributed by atoms with E-state index in [9.17, 15) is 9.59 Å². The molecule has 27 heavy (non-hydrogen) atoms. The van der Waals surface area contributed by atoms with Gasteiger partial charge in [0.15, 0.2) is 5.82 Å². The molecule has 0 spiro atoms. The molecule has 0 aromatic carbocycles. The molecule has 9 nitrogen and oxygen atoms in total. The van der Waals surface area contributed by atoms with Crippen LogP contribution in [0.15, 0.2) is 18.3 Å². The lowest BCUT2D eigenvalue weighted by atomic mass is 10.1. The average Bonchev–Trinajstić information content (AvgIpc) is 3.07. The number of rotatable bonds is 8. The smallest absolute Gasteiger partial charge is 0.245 e. The van der Waals surface area contributed by atoms with Crippen LogP contribution < -0.4 is 5.32 Å². The van der Waals surface area contributed by atoms with E-state index < -0.39 is 0 Å². The van der Waals surface area contributed by atoms with Crippen LogP contribution in [0.1, 0.15) is 43.5 Å². The average molecular weight is 371 g/mol. The summed E-state index contributed by atoms with van der Waals surface area (Å²) in [6.07, 6.45) is 7.07. The van der Waals surface area contributed by atoms with Crippen LogP contribution in [-0.2, 0) is 22.6 Å². The molecule has 0 atom stereocenters. The number of aromatic nitrogens is 5. The molecule has 2 amide bonds. The summed E-state index contributed by atoms with van der Waals surface area (Å²) in [5.74, 6) is 0.209. The van der Waals surface area contributed by atoms with Crippen molar-refractivity contribution < 1.29 is 9.59 Å². The number of hydrogen-bond acceptors (Lipinski definition) is 6. The van der Waals surface area contributed by atoms with Gasteiger partial charge in [-0.25, -0.2) is 0 Å². The van der Waals surface area contributed by atoms with Gasteiger partial charge >= 0.3 is 0 Å². The molecule has 1 N–H and O–H groups in total. The number of piperidine rings is 1. The predicted molar refractivity (Wildman–Crippen MR) is 98.8 cm³/mol. The molecule has 1 fully saturated rings. The Hall–Kier alpha value is -2.84. The highest BCUT2D eigenvalue weighted by atomic mass is 16.2. The fraction of sp³-hybridized carbons (Fsp3) is 0.556. The molecule has 1 saturated heterocycles. The first kappa shape index (κ1) is 18.9. The highest BCUT2D eigenvalue weighted by Crippen LogP contribution is 2.11. The Balaban J connectivity index is 1.38. The zero-order valence-corrected chi connectivity index (χ0v) is 15.6. The van der Waals surface area contributed by atoms with Gasteiger partial charge in [0.05, 0.1) is 17.9 Å². The maximum atomic E-state index is 12.1. The Morgan fingerprint density at radius 2 is 2.07 bits per heavy atom. The summed E-state index contributed by atoms with van der Waals surface area (Å²) in [6, 6.07) is 3.62. The number of carbonyl (C=O) groups is 2. The second kappa shape index (κ2) is 9.20. The SMILES string of the molecule is Cc1cn(CCCCc2ccc(NC(=O)CN3CCCCC3=O)nn2)nn1. The fourth-order valence-electron chi connectivity index (χ4n) is 3.03. The third kappa shape index (κ3) is 5.83. The molecule has 0 radical (unpaired) electrons. The maximum absolute atomic E-state index is 12.1. The highest BCUT2D eigenvalue weighted by Gasteiger charge is 2.20. The van der Waals surface area contributed by atoms with Gasteiger partial charge in [-0.2, -0.15) is 5.10 Å². The lowest BCUT2D eigenvalue weighted by molar-refractivity contribution is -0.136. The first-order chi connectivity index (χ1) is 13.1. The highest BCUT2D eigenvalue weighted by molar-refractivity contribution is 5.93. The zero-order chi connectivity index (χ0) is 19.1. The van der Waals surface area contributed by atoms with Crippen molar-refractivity contribution in [1.82, 2.24) is 30.1 Å². The van der Waals surface area contributed by atoms with Gasteiger partial charge in [-0.15, -0.1) is 10.2 Å². The minimum absolute atomic E-state index is 0.0406. The van der Waals surface area contributed by atoms with Crippen molar-refractivity contribution >= 4 is 17.6 Å². The van der Waals surface area contributed by atoms with Gasteiger partial charge in [-0.3, -0.25) is 14.3 Å². The third-order valence-corrected chi connectivity index (χ3v) is 4.47. The standard InChI is InChI=1S/C18H25N7O2/c1-14-12-25(23-20-14)11-5-2-6-15-8-9-16(22-21-15)19-17(26)13-24-10-4-3-7-18(24)27/h8-9,12H,2-7,10-11,13H2,1H3,(H,19,22,26). The van der Waals surface area contributed by atoms with Crippen molar-refractivity contribution in [3.63, 3.8) is 0 Å². The van der Waals surface area contributed by atoms with Crippen LogP contribution in [0.3, 0.4) is 0 Å². The molecule has 0 aliphatic carbocycles. The number of hydrogen-bond donors (Lipinski definition) is 1. The van der Waals surface area contributed by atoms with Gasteiger partial charge in [0.2, 0.25) is 11.8 Å². The summed E-state index contributed by atoms with van der Waals surface area (Å²) in [6.45, 7) is 3.47. The minimum Gasteiger partial charge on any atom is -0.333 e. The van der Waals surface area contributed by atoms with E-state index in [-0.39, 0.29) is 18.4 Å². The van der Waals surface area contributed by atoms with Crippen molar-refractivity contribution in [2.45, 2.75) is 52.0 Å². The fourth-order valence-corrected chi connectivity index (χ4v) is 3.03. The Kier molecular flexibility index (Phi) is 6.45. The van der Waals surface area contributed by atoms with Crippen LogP contribution in [-0.4, -0.2) is 55.0 Å². The van der Waals surface area contributed by atoms with Gasteiger partial charge in [-0.1, -0.05) is 5.21 Å². The van der Waals surface area contributed by atoms with Gasteiger partial charge in [0, 0.05) is 25.7 Å². The van der Waals surface area contributed by atoms with Crippen LogP contribution in [0.25, 0.3) is 0 Å². The molecule has 2 aromatic rings.